The highest BCUT2D eigenvalue weighted by Gasteiger charge is 2.81. The molecule has 0 radical (unpaired) electrons. The Morgan fingerprint density at radius 2 is 1.24 bits per heavy atom. The van der Waals surface area contributed by atoms with Crippen LogP contribution in [0.2, 0.25) is 0 Å². The Bertz CT molecular complexity index is 856. The minimum atomic E-state index is -6.94. The molecule has 0 aromatic heterocycles. The Kier molecular flexibility index (Phi) is 5.91. The van der Waals surface area contributed by atoms with Gasteiger partial charge in [0.25, 0.3) is 0 Å². The van der Waals surface area contributed by atoms with Crippen molar-refractivity contribution in [2.45, 2.75) is 23.9 Å². The summed E-state index contributed by atoms with van der Waals surface area (Å²) in [7, 11) is 1.45. The van der Waals surface area contributed by atoms with Gasteiger partial charge in [-0.25, -0.2) is 0 Å². The van der Waals surface area contributed by atoms with E-state index in [1.54, 1.807) is 24.3 Å². The molecule has 0 spiro atoms. The molecule has 0 aliphatic rings. The Morgan fingerprint density at radius 1 is 0.724 bits per heavy atom. The summed E-state index contributed by atoms with van der Waals surface area (Å²) in [4.78, 5) is 3.88. The topological polar surface area (TPSA) is 21.6 Å². The number of rotatable bonds is 6. The lowest BCUT2D eigenvalue weighted by Crippen LogP contribution is -2.59. The van der Waals surface area contributed by atoms with Crippen LogP contribution in [0.3, 0.4) is 0 Å². The second-order valence-electron chi connectivity index (χ2n) is 5.80. The van der Waals surface area contributed by atoms with Crippen LogP contribution in [0, 0.1) is 0 Å². The van der Waals surface area contributed by atoms with E-state index in [0.29, 0.717) is 23.4 Å². The molecule has 2 rings (SSSR count). The van der Waals surface area contributed by atoms with E-state index in [0.717, 1.165) is 12.1 Å². The molecule has 0 atom stereocenters. The zero-order chi connectivity index (χ0) is 22.1. The van der Waals surface area contributed by atoms with Crippen molar-refractivity contribution in [3.8, 4) is 5.75 Å². The van der Waals surface area contributed by atoms with Crippen molar-refractivity contribution in [3.63, 3.8) is 0 Å². The van der Waals surface area contributed by atoms with E-state index in [1.807, 2.05) is 0 Å². The molecule has 0 aliphatic heterocycles. The van der Waals surface area contributed by atoms with Crippen molar-refractivity contribution in [2.75, 3.05) is 7.11 Å². The van der Waals surface area contributed by atoms with E-state index in [4.69, 9.17) is 4.74 Å². The Balaban J connectivity index is 2.26. The zero-order valence-corrected chi connectivity index (χ0v) is 14.5. The molecule has 29 heavy (non-hydrogen) atoms. The molecule has 0 bridgehead atoms. The molecule has 0 heterocycles. The summed E-state index contributed by atoms with van der Waals surface area (Å²) in [6.07, 6.45) is -5.57. The van der Waals surface area contributed by atoms with Crippen molar-refractivity contribution in [1.82, 2.24) is 0 Å². The first-order valence-electron chi connectivity index (χ1n) is 7.73. The first kappa shape index (κ1) is 22.6. The molecule has 0 saturated heterocycles. The van der Waals surface area contributed by atoms with Gasteiger partial charge in [0.05, 0.1) is 12.8 Å². The summed E-state index contributed by atoms with van der Waals surface area (Å²) in [5.74, 6) is -18.9. The SMILES string of the molecule is COc1ccc(C=Nc2ccc(C(F)(F)C(F)(F)C(F)(F)C(F)(F)F)cc2)cc1. The number of ether oxygens (including phenoxy) is 1. The van der Waals surface area contributed by atoms with Crippen LogP contribution in [0.1, 0.15) is 11.1 Å². The number of nitrogens with zero attached hydrogens (tertiary/aromatic N) is 1. The van der Waals surface area contributed by atoms with E-state index in [-0.39, 0.29) is 5.69 Å². The number of benzene rings is 2. The van der Waals surface area contributed by atoms with Crippen LogP contribution in [0.5, 0.6) is 5.75 Å². The van der Waals surface area contributed by atoms with Gasteiger partial charge >= 0.3 is 23.9 Å². The molecule has 11 heteroatoms. The molecule has 0 fully saturated rings. The smallest absolute Gasteiger partial charge is 0.460 e. The van der Waals surface area contributed by atoms with Gasteiger partial charge < -0.3 is 4.74 Å². The number of aliphatic imine (C=N–C) groups is 1. The van der Waals surface area contributed by atoms with E-state index in [2.05, 4.69) is 4.99 Å². The van der Waals surface area contributed by atoms with Crippen LogP contribution in [0.15, 0.2) is 53.5 Å². The number of alkyl halides is 9. The van der Waals surface area contributed by atoms with Crippen molar-refractivity contribution >= 4 is 11.9 Å². The minimum absolute atomic E-state index is 0.0220. The van der Waals surface area contributed by atoms with Gasteiger partial charge in [0.2, 0.25) is 0 Å². The highest BCUT2D eigenvalue weighted by atomic mass is 19.4. The molecular weight excluding hydrogens is 417 g/mol. The maximum atomic E-state index is 13.8. The lowest BCUT2D eigenvalue weighted by atomic mass is 9.96. The third-order valence-electron chi connectivity index (χ3n) is 3.85. The highest BCUT2D eigenvalue weighted by molar-refractivity contribution is 5.82. The maximum Gasteiger partial charge on any atom is 0.460 e. The van der Waals surface area contributed by atoms with Crippen LogP contribution in [-0.2, 0) is 5.92 Å². The predicted molar refractivity (Wildman–Crippen MR) is 86.5 cm³/mol. The molecule has 2 nitrogen and oxygen atoms in total. The lowest BCUT2D eigenvalue weighted by Gasteiger charge is -2.33. The monoisotopic (exact) mass is 429 g/mol. The summed E-state index contributed by atoms with van der Waals surface area (Å²) in [5, 5.41) is 0. The van der Waals surface area contributed by atoms with E-state index < -0.39 is 29.5 Å². The van der Waals surface area contributed by atoms with Gasteiger partial charge in [0, 0.05) is 11.8 Å². The Hall–Kier alpha value is -2.72. The standard InChI is InChI=1S/C18H12F9NO/c1-29-14-8-2-11(3-9-14)10-28-13-6-4-12(5-7-13)15(19,20)16(21,22)17(23,24)18(25,26)27/h2-10H,1H3. The van der Waals surface area contributed by atoms with Crippen LogP contribution in [0.4, 0.5) is 45.2 Å². The molecule has 0 aliphatic carbocycles. The fourth-order valence-electron chi connectivity index (χ4n) is 2.15. The molecule has 0 unspecified atom stereocenters. The molecule has 2 aromatic carbocycles. The van der Waals surface area contributed by atoms with Crippen LogP contribution >= 0.6 is 0 Å². The van der Waals surface area contributed by atoms with Crippen LogP contribution in [-0.4, -0.2) is 31.3 Å². The summed E-state index contributed by atoms with van der Waals surface area (Å²) in [6.45, 7) is 0. The number of hydrogen-bond acceptors (Lipinski definition) is 2. The summed E-state index contributed by atoms with van der Waals surface area (Å²) in [6, 6.07) is 8.59. The van der Waals surface area contributed by atoms with Gasteiger partial charge in [0.15, 0.2) is 0 Å². The van der Waals surface area contributed by atoms with E-state index in [1.165, 1.54) is 13.3 Å². The molecule has 158 valence electrons. The first-order valence-corrected chi connectivity index (χ1v) is 7.73. The average Bonchev–Trinajstić information content (AvgIpc) is 2.66. The fourth-order valence-corrected chi connectivity index (χ4v) is 2.15. The third kappa shape index (κ3) is 4.18. The van der Waals surface area contributed by atoms with Gasteiger partial charge in [0.1, 0.15) is 5.75 Å². The lowest BCUT2D eigenvalue weighted by molar-refractivity contribution is -0.399. The summed E-state index contributed by atoms with van der Waals surface area (Å²) in [5.41, 5.74) is -1.17. The van der Waals surface area contributed by atoms with Gasteiger partial charge in [-0.3, -0.25) is 4.99 Å². The second-order valence-corrected chi connectivity index (χ2v) is 5.80. The Labute approximate surface area is 158 Å². The van der Waals surface area contributed by atoms with Crippen LogP contribution in [0.25, 0.3) is 0 Å². The molecule has 0 N–H and O–H groups in total. The average molecular weight is 429 g/mol. The zero-order valence-electron chi connectivity index (χ0n) is 14.5. The van der Waals surface area contributed by atoms with E-state index in [9.17, 15) is 39.5 Å². The maximum absolute atomic E-state index is 13.8. The quantitative estimate of drug-likeness (QED) is 0.386. The first-order chi connectivity index (χ1) is 13.2. The molecule has 0 amide bonds. The number of hydrogen-bond donors (Lipinski definition) is 0. The normalized spacial score (nSPS) is 13.7. The summed E-state index contributed by atoms with van der Waals surface area (Å²) >= 11 is 0. The van der Waals surface area contributed by atoms with Crippen molar-refractivity contribution < 1.29 is 44.3 Å². The number of halogens is 9. The van der Waals surface area contributed by atoms with Gasteiger partial charge in [-0.1, -0.05) is 12.1 Å². The van der Waals surface area contributed by atoms with Gasteiger partial charge in [-0.05, 0) is 42.0 Å². The molecule has 0 saturated carbocycles. The minimum Gasteiger partial charge on any atom is -0.497 e. The van der Waals surface area contributed by atoms with Gasteiger partial charge in [-0.15, -0.1) is 0 Å². The second kappa shape index (κ2) is 7.60. The highest BCUT2D eigenvalue weighted by Crippen LogP contribution is 2.56. The summed E-state index contributed by atoms with van der Waals surface area (Å²) < 4.78 is 122. The van der Waals surface area contributed by atoms with Gasteiger partial charge in [-0.2, -0.15) is 39.5 Å². The third-order valence-corrected chi connectivity index (χ3v) is 3.85. The van der Waals surface area contributed by atoms with E-state index >= 15 is 0 Å². The fraction of sp³-hybridized carbons (Fsp3) is 0.278. The largest absolute Gasteiger partial charge is 0.497 e. The van der Waals surface area contributed by atoms with Crippen LogP contribution < -0.4 is 4.74 Å². The molecular formula is C18H12F9NO. The predicted octanol–water partition coefficient (Wildman–Crippen LogP) is 6.37. The number of methoxy groups -OCH3 is 1. The van der Waals surface area contributed by atoms with Crippen molar-refractivity contribution in [2.24, 2.45) is 4.99 Å². The molecule has 2 aromatic rings. The Morgan fingerprint density at radius 3 is 1.69 bits per heavy atom. The van der Waals surface area contributed by atoms with Crippen molar-refractivity contribution in [3.05, 3.63) is 59.7 Å². The van der Waals surface area contributed by atoms with Crippen molar-refractivity contribution in [1.29, 1.82) is 0 Å².